The summed E-state index contributed by atoms with van der Waals surface area (Å²) in [6.45, 7) is 1.72. The Labute approximate surface area is 118 Å². The molecule has 1 aromatic rings. The summed E-state index contributed by atoms with van der Waals surface area (Å²) in [4.78, 5) is 14.6. The Morgan fingerprint density at radius 1 is 1.11 bits per heavy atom. The van der Waals surface area contributed by atoms with Crippen molar-refractivity contribution in [3.8, 4) is 0 Å². The van der Waals surface area contributed by atoms with E-state index < -0.39 is 0 Å². The minimum absolute atomic E-state index is 0.134. The van der Waals surface area contributed by atoms with E-state index in [0.29, 0.717) is 10.6 Å². The average Bonchev–Trinajstić information content (AvgIpc) is 2.37. The van der Waals surface area contributed by atoms with E-state index in [2.05, 4.69) is 0 Å². The van der Waals surface area contributed by atoms with Crippen molar-refractivity contribution in [2.75, 3.05) is 18.8 Å². The van der Waals surface area contributed by atoms with Crippen LogP contribution in [0.1, 0.15) is 32.1 Å². The normalized spacial score (nSPS) is 16.8. The Hall–Kier alpha value is -1.03. The number of carbonyl (C=O) groups excluding carboxylic acids is 1. The van der Waals surface area contributed by atoms with E-state index >= 15 is 0 Å². The minimum Gasteiger partial charge on any atom is -0.342 e. The number of rotatable bonds is 3. The quantitative estimate of drug-likeness (QED) is 0.787. The molecule has 1 fully saturated rings. The summed E-state index contributed by atoms with van der Waals surface area (Å²) < 4.78 is 13.5. The number of nitrogens with zero attached hydrogens (tertiary/aromatic N) is 1. The van der Waals surface area contributed by atoms with Crippen LogP contribution in [0, 0.1) is 5.82 Å². The maximum Gasteiger partial charge on any atom is 0.232 e. The molecule has 0 aromatic heterocycles. The molecule has 104 valence electrons. The fraction of sp³-hybridized carbons (Fsp3) is 0.533. The highest BCUT2D eigenvalue weighted by atomic mass is 32.2. The highest BCUT2D eigenvalue weighted by molar-refractivity contribution is 8.00. The molecule has 4 heteroatoms. The molecule has 1 heterocycles. The standard InChI is InChI=1S/C15H20FNOS/c16-13-8-4-5-9-14(13)19-12-15(18)17-10-6-2-1-3-7-11-17/h4-5,8-9H,1-3,6-7,10-12H2. The van der Waals surface area contributed by atoms with Crippen LogP contribution < -0.4 is 0 Å². The third kappa shape index (κ3) is 4.53. The van der Waals surface area contributed by atoms with Crippen molar-refractivity contribution in [3.05, 3.63) is 30.1 Å². The van der Waals surface area contributed by atoms with Gasteiger partial charge in [0, 0.05) is 18.0 Å². The second-order valence-corrected chi connectivity index (χ2v) is 5.88. The molecule has 19 heavy (non-hydrogen) atoms. The molecule has 0 N–H and O–H groups in total. The summed E-state index contributed by atoms with van der Waals surface area (Å²) in [5, 5.41) is 0. The molecule has 1 amide bonds. The van der Waals surface area contributed by atoms with Crippen LogP contribution in [0.15, 0.2) is 29.2 Å². The molecule has 0 atom stereocenters. The van der Waals surface area contributed by atoms with Crippen LogP contribution in [-0.4, -0.2) is 29.6 Å². The van der Waals surface area contributed by atoms with Crippen LogP contribution in [0.4, 0.5) is 4.39 Å². The molecule has 0 unspecified atom stereocenters. The van der Waals surface area contributed by atoms with Gasteiger partial charge in [-0.05, 0) is 25.0 Å². The minimum atomic E-state index is -0.243. The maximum absolute atomic E-state index is 13.5. The zero-order valence-corrected chi connectivity index (χ0v) is 11.9. The topological polar surface area (TPSA) is 20.3 Å². The van der Waals surface area contributed by atoms with Crippen LogP contribution >= 0.6 is 11.8 Å². The number of halogens is 1. The Morgan fingerprint density at radius 2 is 1.74 bits per heavy atom. The van der Waals surface area contributed by atoms with Gasteiger partial charge < -0.3 is 4.90 Å². The molecule has 0 aliphatic carbocycles. The summed E-state index contributed by atoms with van der Waals surface area (Å²) in [7, 11) is 0. The summed E-state index contributed by atoms with van der Waals surface area (Å²) in [5.74, 6) is 0.226. The van der Waals surface area contributed by atoms with E-state index in [1.54, 1.807) is 18.2 Å². The van der Waals surface area contributed by atoms with E-state index in [1.165, 1.54) is 37.1 Å². The van der Waals surface area contributed by atoms with Crippen LogP contribution in [0.3, 0.4) is 0 Å². The summed E-state index contributed by atoms with van der Waals surface area (Å²) in [6, 6.07) is 6.62. The van der Waals surface area contributed by atoms with Crippen LogP contribution in [0.5, 0.6) is 0 Å². The number of thioether (sulfide) groups is 1. The van der Waals surface area contributed by atoms with Gasteiger partial charge in [-0.2, -0.15) is 0 Å². The van der Waals surface area contributed by atoms with Crippen molar-refractivity contribution in [3.63, 3.8) is 0 Å². The third-order valence-electron chi connectivity index (χ3n) is 3.40. The first kappa shape index (κ1) is 14.4. The molecular formula is C15H20FNOS. The molecule has 1 aliphatic heterocycles. The number of carbonyl (C=O) groups is 1. The van der Waals surface area contributed by atoms with Gasteiger partial charge in [0.2, 0.25) is 5.91 Å². The van der Waals surface area contributed by atoms with Gasteiger partial charge in [-0.1, -0.05) is 31.4 Å². The molecular weight excluding hydrogens is 261 g/mol. The molecule has 1 aromatic carbocycles. The van der Waals surface area contributed by atoms with Crippen LogP contribution in [0.25, 0.3) is 0 Å². The molecule has 1 saturated heterocycles. The van der Waals surface area contributed by atoms with E-state index in [-0.39, 0.29) is 11.7 Å². The van der Waals surface area contributed by atoms with Crippen molar-refractivity contribution in [2.24, 2.45) is 0 Å². The Bertz CT molecular complexity index is 416. The zero-order chi connectivity index (χ0) is 13.5. The van der Waals surface area contributed by atoms with Gasteiger partial charge in [0.1, 0.15) is 5.82 Å². The molecule has 1 aliphatic rings. The summed E-state index contributed by atoms with van der Waals surface area (Å²) >= 11 is 1.29. The Kier molecular flexibility index (Phi) is 5.70. The predicted molar refractivity (Wildman–Crippen MR) is 76.8 cm³/mol. The van der Waals surface area contributed by atoms with Gasteiger partial charge >= 0.3 is 0 Å². The van der Waals surface area contributed by atoms with E-state index in [0.717, 1.165) is 25.9 Å². The van der Waals surface area contributed by atoms with Gasteiger partial charge in [-0.15, -0.1) is 11.8 Å². The van der Waals surface area contributed by atoms with Crippen molar-refractivity contribution in [2.45, 2.75) is 37.0 Å². The molecule has 0 saturated carbocycles. The second-order valence-electron chi connectivity index (χ2n) is 4.87. The lowest BCUT2D eigenvalue weighted by Gasteiger charge is -2.24. The van der Waals surface area contributed by atoms with Crippen molar-refractivity contribution >= 4 is 17.7 Å². The lowest BCUT2D eigenvalue weighted by Crippen LogP contribution is -2.35. The van der Waals surface area contributed by atoms with Crippen molar-refractivity contribution in [1.82, 2.24) is 4.90 Å². The number of hydrogen-bond donors (Lipinski definition) is 0. The fourth-order valence-corrected chi connectivity index (χ4v) is 3.13. The highest BCUT2D eigenvalue weighted by Crippen LogP contribution is 2.22. The lowest BCUT2D eigenvalue weighted by molar-refractivity contribution is -0.128. The summed E-state index contributed by atoms with van der Waals surface area (Å²) in [5.41, 5.74) is 0. The number of amides is 1. The Balaban J connectivity index is 1.84. The molecule has 2 rings (SSSR count). The SMILES string of the molecule is O=C(CSc1ccccc1F)N1CCCCCCC1. The van der Waals surface area contributed by atoms with E-state index in [9.17, 15) is 9.18 Å². The van der Waals surface area contributed by atoms with Crippen molar-refractivity contribution < 1.29 is 9.18 Å². The predicted octanol–water partition coefficient (Wildman–Crippen LogP) is 3.71. The largest absolute Gasteiger partial charge is 0.342 e. The number of hydrogen-bond acceptors (Lipinski definition) is 2. The van der Waals surface area contributed by atoms with E-state index in [4.69, 9.17) is 0 Å². The zero-order valence-electron chi connectivity index (χ0n) is 11.1. The van der Waals surface area contributed by atoms with Gasteiger partial charge in [0.25, 0.3) is 0 Å². The van der Waals surface area contributed by atoms with E-state index in [1.807, 2.05) is 4.90 Å². The summed E-state index contributed by atoms with van der Waals surface area (Å²) in [6.07, 6.45) is 5.90. The Morgan fingerprint density at radius 3 is 2.42 bits per heavy atom. The van der Waals surface area contributed by atoms with Gasteiger partial charge in [-0.25, -0.2) is 4.39 Å². The van der Waals surface area contributed by atoms with Crippen LogP contribution in [-0.2, 0) is 4.79 Å². The second kappa shape index (κ2) is 7.53. The number of likely N-dealkylation sites (tertiary alicyclic amines) is 1. The first-order chi connectivity index (χ1) is 9.27. The monoisotopic (exact) mass is 281 g/mol. The fourth-order valence-electron chi connectivity index (χ4n) is 2.29. The maximum atomic E-state index is 13.5. The molecule has 0 spiro atoms. The first-order valence-corrected chi connectivity index (χ1v) is 7.91. The number of benzene rings is 1. The molecule has 2 nitrogen and oxygen atoms in total. The van der Waals surface area contributed by atoms with Gasteiger partial charge in [0.05, 0.1) is 5.75 Å². The van der Waals surface area contributed by atoms with Gasteiger partial charge in [0.15, 0.2) is 0 Å². The smallest absolute Gasteiger partial charge is 0.232 e. The first-order valence-electron chi connectivity index (χ1n) is 6.92. The highest BCUT2D eigenvalue weighted by Gasteiger charge is 2.15. The van der Waals surface area contributed by atoms with Gasteiger partial charge in [-0.3, -0.25) is 4.79 Å². The van der Waals surface area contributed by atoms with Crippen LogP contribution in [0.2, 0.25) is 0 Å². The van der Waals surface area contributed by atoms with Crippen molar-refractivity contribution in [1.29, 1.82) is 0 Å². The average molecular weight is 281 g/mol. The third-order valence-corrected chi connectivity index (χ3v) is 4.43. The lowest BCUT2D eigenvalue weighted by atomic mass is 10.1. The molecule has 0 bridgehead atoms. The molecule has 0 radical (unpaired) electrons.